The maximum absolute atomic E-state index is 13.1. The molecule has 1 atom stereocenters. The zero-order chi connectivity index (χ0) is 29.9. The van der Waals surface area contributed by atoms with Gasteiger partial charge in [-0.2, -0.15) is 0 Å². The van der Waals surface area contributed by atoms with E-state index in [9.17, 15) is 14.4 Å². The molecular formula is C32H37N5O4S. The number of fused-ring (bicyclic) bond motifs is 2. The Labute approximate surface area is 249 Å². The van der Waals surface area contributed by atoms with Crippen molar-refractivity contribution in [3.8, 4) is 5.75 Å². The van der Waals surface area contributed by atoms with Crippen LogP contribution in [0.3, 0.4) is 0 Å². The Bertz CT molecular complexity index is 1630. The Morgan fingerprint density at radius 3 is 2.67 bits per heavy atom. The van der Waals surface area contributed by atoms with Crippen LogP contribution in [0, 0.1) is 5.41 Å². The zero-order valence-electron chi connectivity index (χ0n) is 24.5. The number of nitrogens with one attached hydrogen (secondary N) is 1. The molecule has 4 heterocycles. The van der Waals surface area contributed by atoms with E-state index in [-0.39, 0.29) is 23.4 Å². The lowest BCUT2D eigenvalue weighted by molar-refractivity contribution is -0.137. The molecule has 0 bridgehead atoms. The first kappa shape index (κ1) is 29.5. The van der Waals surface area contributed by atoms with Crippen molar-refractivity contribution in [1.82, 2.24) is 14.9 Å². The van der Waals surface area contributed by atoms with Crippen molar-refractivity contribution in [3.05, 3.63) is 82.4 Å². The lowest BCUT2D eigenvalue weighted by atomic mass is 9.90. The Kier molecular flexibility index (Phi) is 8.74. The lowest BCUT2D eigenvalue weighted by Gasteiger charge is -2.27. The molecule has 0 fully saturated rings. The van der Waals surface area contributed by atoms with Crippen LogP contribution in [0.2, 0.25) is 0 Å². The fourth-order valence-corrected chi connectivity index (χ4v) is 6.20. The second kappa shape index (κ2) is 12.5. The number of aromatic nitrogens is 2. The van der Waals surface area contributed by atoms with E-state index >= 15 is 0 Å². The van der Waals surface area contributed by atoms with E-state index in [1.807, 2.05) is 67.2 Å². The molecule has 0 aliphatic carbocycles. The van der Waals surface area contributed by atoms with Crippen molar-refractivity contribution in [2.75, 3.05) is 36.5 Å². The third-order valence-corrected chi connectivity index (χ3v) is 8.73. The minimum Gasteiger partial charge on any atom is -0.493 e. The number of nitrogens with zero attached hydrogens (tertiary/aromatic N) is 4. The molecule has 4 aromatic rings. The number of pyridine rings is 2. The van der Waals surface area contributed by atoms with Gasteiger partial charge in [-0.3, -0.25) is 19.4 Å². The second-order valence-electron chi connectivity index (χ2n) is 11.0. The number of ether oxygens (including phenoxy) is 1. The van der Waals surface area contributed by atoms with Crippen molar-refractivity contribution in [3.63, 3.8) is 0 Å². The zero-order valence-corrected chi connectivity index (χ0v) is 25.3. The molecule has 220 valence electrons. The number of anilines is 2. The number of aryl methyl sites for hydroxylation is 1. The second-order valence-corrected chi connectivity index (χ2v) is 11.9. The summed E-state index contributed by atoms with van der Waals surface area (Å²) < 4.78 is 8.85. The Balaban J connectivity index is 1.21. The monoisotopic (exact) mass is 587 g/mol. The molecule has 0 radical (unpaired) electrons. The van der Waals surface area contributed by atoms with E-state index in [4.69, 9.17) is 4.74 Å². The van der Waals surface area contributed by atoms with Gasteiger partial charge in [0.05, 0.1) is 23.4 Å². The van der Waals surface area contributed by atoms with Gasteiger partial charge in [-0.15, -0.1) is 11.3 Å². The number of benzene rings is 1. The van der Waals surface area contributed by atoms with Crippen molar-refractivity contribution in [2.45, 2.75) is 46.2 Å². The first-order valence-corrected chi connectivity index (χ1v) is 15.2. The maximum Gasteiger partial charge on any atom is 0.259 e. The number of carbonyl (C=O) groups excluding carboxylic acids is 2. The van der Waals surface area contributed by atoms with Gasteiger partial charge in [-0.1, -0.05) is 6.07 Å². The first-order valence-electron chi connectivity index (χ1n) is 14.3. The van der Waals surface area contributed by atoms with E-state index in [0.29, 0.717) is 43.4 Å². The third-order valence-electron chi connectivity index (χ3n) is 7.85. The molecule has 1 aliphatic heterocycles. The molecule has 1 N–H and O–H groups in total. The van der Waals surface area contributed by atoms with Crippen LogP contribution in [0.4, 0.5) is 11.4 Å². The molecule has 1 unspecified atom stereocenters. The van der Waals surface area contributed by atoms with E-state index in [2.05, 4.69) is 10.3 Å². The summed E-state index contributed by atoms with van der Waals surface area (Å²) in [5.74, 6) is 0.189. The predicted octanol–water partition coefficient (Wildman–Crippen LogP) is 5.00. The number of rotatable bonds is 11. The van der Waals surface area contributed by atoms with Crippen LogP contribution in [0.15, 0.2) is 71.2 Å². The standard InChI is InChI=1S/C32H37N5O4S/c1-5-37-26-10-9-23(20-27(26)35(4)30(39)32(2,3)31(37)40)41-18-7-15-34-25(22-8-6-14-33-21-22)11-16-36-17-12-28-24(29(36)38)13-19-42-28/h6,8-10,12-14,17,19-21,25,34H,5,7,11,15-16,18H2,1-4H3. The summed E-state index contributed by atoms with van der Waals surface area (Å²) in [5.41, 5.74) is 1.32. The highest BCUT2D eigenvalue weighted by Crippen LogP contribution is 2.40. The lowest BCUT2D eigenvalue weighted by Crippen LogP contribution is -2.47. The Morgan fingerprint density at radius 1 is 1.07 bits per heavy atom. The molecule has 0 saturated heterocycles. The van der Waals surface area contributed by atoms with E-state index in [1.54, 1.807) is 52.8 Å². The molecule has 1 aliphatic rings. The van der Waals surface area contributed by atoms with Gasteiger partial charge >= 0.3 is 0 Å². The smallest absolute Gasteiger partial charge is 0.259 e. The molecule has 0 spiro atoms. The fraction of sp³-hybridized carbons (Fsp3) is 0.375. The summed E-state index contributed by atoms with van der Waals surface area (Å²) >= 11 is 1.58. The average Bonchev–Trinajstić information content (AvgIpc) is 3.48. The van der Waals surface area contributed by atoms with E-state index in [1.165, 1.54) is 0 Å². The van der Waals surface area contributed by atoms with Crippen LogP contribution in [0.25, 0.3) is 10.1 Å². The molecule has 1 aromatic carbocycles. The topological polar surface area (TPSA) is 96.8 Å². The van der Waals surface area contributed by atoms with Crippen LogP contribution in [-0.4, -0.2) is 48.1 Å². The number of hydrogen-bond acceptors (Lipinski definition) is 7. The predicted molar refractivity (Wildman–Crippen MR) is 167 cm³/mol. The SMILES string of the molecule is CCN1C(=O)C(C)(C)C(=O)N(C)c2cc(OCCCNC(CCn3ccc4sccc4c3=O)c3cccnc3)ccc21. The summed E-state index contributed by atoms with van der Waals surface area (Å²) in [4.78, 5) is 46.6. The minimum atomic E-state index is -1.15. The van der Waals surface area contributed by atoms with Gasteiger partial charge in [0.15, 0.2) is 0 Å². The van der Waals surface area contributed by atoms with Crippen molar-refractivity contribution in [1.29, 1.82) is 0 Å². The van der Waals surface area contributed by atoms with Crippen LogP contribution < -0.4 is 25.4 Å². The highest BCUT2D eigenvalue weighted by Gasteiger charge is 2.45. The average molecular weight is 588 g/mol. The molecule has 42 heavy (non-hydrogen) atoms. The first-order chi connectivity index (χ1) is 20.2. The minimum absolute atomic E-state index is 0.0249. The van der Waals surface area contributed by atoms with Crippen molar-refractivity contribution in [2.24, 2.45) is 5.41 Å². The molecular weight excluding hydrogens is 550 g/mol. The number of thiophene rings is 1. The van der Waals surface area contributed by atoms with Gasteiger partial charge in [0.1, 0.15) is 11.2 Å². The highest BCUT2D eigenvalue weighted by atomic mass is 32.1. The maximum atomic E-state index is 13.1. The molecule has 10 heteroatoms. The summed E-state index contributed by atoms with van der Waals surface area (Å²) in [6, 6.07) is 13.4. The van der Waals surface area contributed by atoms with Gasteiger partial charge in [-0.05, 0) is 81.4 Å². The fourth-order valence-electron chi connectivity index (χ4n) is 5.43. The van der Waals surface area contributed by atoms with Crippen LogP contribution in [-0.2, 0) is 16.1 Å². The summed E-state index contributed by atoms with van der Waals surface area (Å²) in [7, 11) is 1.70. The van der Waals surface area contributed by atoms with E-state index < -0.39 is 5.41 Å². The largest absolute Gasteiger partial charge is 0.493 e. The summed E-state index contributed by atoms with van der Waals surface area (Å²) in [5, 5.41) is 6.32. The Morgan fingerprint density at radius 2 is 1.90 bits per heavy atom. The van der Waals surface area contributed by atoms with E-state index in [0.717, 1.165) is 28.5 Å². The normalized spacial score (nSPS) is 15.5. The van der Waals surface area contributed by atoms with Gasteiger partial charge < -0.3 is 24.4 Å². The quantitative estimate of drug-likeness (QED) is 0.196. The highest BCUT2D eigenvalue weighted by molar-refractivity contribution is 7.17. The number of carbonyl (C=O) groups is 2. The van der Waals surface area contributed by atoms with Gasteiger partial charge in [0, 0.05) is 55.5 Å². The van der Waals surface area contributed by atoms with Crippen LogP contribution in [0.1, 0.15) is 45.2 Å². The van der Waals surface area contributed by atoms with Crippen LogP contribution >= 0.6 is 11.3 Å². The Hall–Kier alpha value is -4.02. The van der Waals surface area contributed by atoms with Gasteiger partial charge in [0.25, 0.3) is 5.56 Å². The van der Waals surface area contributed by atoms with Gasteiger partial charge in [-0.25, -0.2) is 0 Å². The van der Waals surface area contributed by atoms with Gasteiger partial charge in [0.2, 0.25) is 11.8 Å². The van der Waals surface area contributed by atoms with Crippen molar-refractivity contribution < 1.29 is 14.3 Å². The molecule has 3 aromatic heterocycles. The number of amides is 2. The van der Waals surface area contributed by atoms with Crippen LogP contribution in [0.5, 0.6) is 5.75 Å². The molecule has 0 saturated carbocycles. The molecule has 2 amide bonds. The summed E-state index contributed by atoms with van der Waals surface area (Å²) in [6.07, 6.45) is 6.97. The molecule has 5 rings (SSSR count). The molecule has 9 nitrogen and oxygen atoms in total. The third kappa shape index (κ3) is 5.82. The number of hydrogen-bond donors (Lipinski definition) is 1. The van der Waals surface area contributed by atoms with Crippen molar-refractivity contribution >= 4 is 44.6 Å². The summed E-state index contributed by atoms with van der Waals surface area (Å²) in [6.45, 7) is 7.48.